The number of rotatable bonds is 11. The van der Waals surface area contributed by atoms with Crippen LogP contribution in [0, 0.1) is 5.92 Å². The van der Waals surface area contributed by atoms with Crippen molar-refractivity contribution in [3.63, 3.8) is 0 Å². The minimum atomic E-state index is -3.02. The van der Waals surface area contributed by atoms with Crippen molar-refractivity contribution >= 4 is 40.2 Å². The van der Waals surface area contributed by atoms with Crippen molar-refractivity contribution in [1.82, 2.24) is 14.5 Å². The predicted molar refractivity (Wildman–Crippen MR) is 138 cm³/mol. The number of carbonyl (C=O) groups excluding carboxylic acids is 1. The van der Waals surface area contributed by atoms with Gasteiger partial charge in [-0.2, -0.15) is 8.78 Å². The van der Waals surface area contributed by atoms with E-state index in [0.29, 0.717) is 39.3 Å². The summed E-state index contributed by atoms with van der Waals surface area (Å²) >= 11 is 12.7. The van der Waals surface area contributed by atoms with Crippen LogP contribution >= 0.6 is 23.2 Å². The lowest BCUT2D eigenvalue weighted by Gasteiger charge is -2.22. The zero-order valence-electron chi connectivity index (χ0n) is 20.0. The van der Waals surface area contributed by atoms with E-state index in [9.17, 15) is 13.6 Å². The van der Waals surface area contributed by atoms with Gasteiger partial charge in [-0.05, 0) is 60.2 Å². The molecule has 4 aromatic rings. The van der Waals surface area contributed by atoms with Crippen LogP contribution in [0.4, 0.5) is 8.78 Å². The van der Waals surface area contributed by atoms with Crippen molar-refractivity contribution in [3.8, 4) is 11.5 Å². The molecule has 0 spiro atoms. The largest absolute Gasteiger partial charge is 0.489 e. The first-order valence-electron chi connectivity index (χ1n) is 12.0. The molecule has 0 unspecified atom stereocenters. The molecular weight excluding hydrogens is 539 g/mol. The SMILES string of the molecule is O=C(Cn1ccc2cccnc21)O[C@@H](Cc1c(Cl)cncc1Cl)c1ccc(OC(F)F)c(OCC2CC2)c1. The number of carbonyl (C=O) groups is 1. The second-order valence-corrected chi connectivity index (χ2v) is 9.78. The van der Waals surface area contributed by atoms with Gasteiger partial charge in [-0.1, -0.05) is 29.3 Å². The zero-order valence-corrected chi connectivity index (χ0v) is 21.5. The lowest BCUT2D eigenvalue weighted by Crippen LogP contribution is -2.19. The van der Waals surface area contributed by atoms with Crippen LogP contribution in [0.1, 0.15) is 30.1 Å². The summed E-state index contributed by atoms with van der Waals surface area (Å²) in [6, 6.07) is 10.0. The Labute approximate surface area is 227 Å². The smallest absolute Gasteiger partial charge is 0.387 e. The Hall–Kier alpha value is -3.43. The molecule has 3 heterocycles. The highest BCUT2D eigenvalue weighted by molar-refractivity contribution is 6.35. The van der Waals surface area contributed by atoms with E-state index < -0.39 is 18.7 Å². The molecular formula is C27H23Cl2F2N3O4. The van der Waals surface area contributed by atoms with Gasteiger partial charge >= 0.3 is 12.6 Å². The maximum absolute atomic E-state index is 13.1. The number of esters is 1. The first-order chi connectivity index (χ1) is 18.4. The average Bonchev–Trinajstić information content (AvgIpc) is 3.64. The monoisotopic (exact) mass is 561 g/mol. The lowest BCUT2D eigenvalue weighted by molar-refractivity contribution is -0.150. The molecule has 0 radical (unpaired) electrons. The fourth-order valence-electron chi connectivity index (χ4n) is 4.05. The summed E-state index contributed by atoms with van der Waals surface area (Å²) in [7, 11) is 0. The first-order valence-corrected chi connectivity index (χ1v) is 12.7. The number of nitrogens with zero attached hydrogens (tertiary/aromatic N) is 3. The average molecular weight is 562 g/mol. The van der Waals surface area contributed by atoms with Crippen LogP contribution in [-0.2, 0) is 22.5 Å². The Morgan fingerprint density at radius 3 is 2.63 bits per heavy atom. The molecule has 1 saturated carbocycles. The van der Waals surface area contributed by atoms with Gasteiger partial charge in [0.2, 0.25) is 0 Å². The Bertz CT molecular complexity index is 1420. The standard InChI is InChI=1S/C27H23Cl2F2N3O4/c28-20-12-32-13-21(29)19(20)11-23(37-25(35)14-34-9-7-17-2-1-8-33-26(17)34)18-5-6-22(38-27(30)31)24(10-18)36-15-16-3-4-16/h1-2,5-10,12-13,16,23,27H,3-4,11,14-15H2/t23-/m0/s1. The number of fused-ring (bicyclic) bond motifs is 1. The third-order valence-electron chi connectivity index (χ3n) is 6.17. The Balaban J connectivity index is 1.44. The Kier molecular flexibility index (Phi) is 7.95. The summed E-state index contributed by atoms with van der Waals surface area (Å²) in [6.45, 7) is -2.73. The molecule has 0 bridgehead atoms. The summed E-state index contributed by atoms with van der Waals surface area (Å²) in [5, 5.41) is 1.50. The number of aromatic nitrogens is 3. The van der Waals surface area contributed by atoms with E-state index in [1.165, 1.54) is 18.5 Å². The summed E-state index contributed by atoms with van der Waals surface area (Å²) < 4.78 is 44.1. The molecule has 0 amide bonds. The first kappa shape index (κ1) is 26.2. The molecule has 0 aliphatic heterocycles. The van der Waals surface area contributed by atoms with Gasteiger partial charge in [-0.15, -0.1) is 0 Å². The molecule has 38 heavy (non-hydrogen) atoms. The third-order valence-corrected chi connectivity index (χ3v) is 6.82. The van der Waals surface area contributed by atoms with E-state index in [-0.39, 0.29) is 24.5 Å². The van der Waals surface area contributed by atoms with E-state index >= 15 is 0 Å². The minimum Gasteiger partial charge on any atom is -0.489 e. The van der Waals surface area contributed by atoms with E-state index in [1.54, 1.807) is 29.1 Å². The van der Waals surface area contributed by atoms with E-state index in [0.717, 1.165) is 18.2 Å². The number of alkyl halides is 2. The van der Waals surface area contributed by atoms with Crippen LogP contribution in [0.15, 0.2) is 61.2 Å². The second kappa shape index (κ2) is 11.5. The van der Waals surface area contributed by atoms with Gasteiger partial charge in [0.25, 0.3) is 0 Å². The molecule has 0 saturated heterocycles. The molecule has 1 aliphatic rings. The van der Waals surface area contributed by atoms with Gasteiger partial charge < -0.3 is 18.8 Å². The van der Waals surface area contributed by atoms with Crippen LogP contribution in [0.25, 0.3) is 11.0 Å². The van der Waals surface area contributed by atoms with Crippen LogP contribution in [0.2, 0.25) is 10.0 Å². The summed E-state index contributed by atoms with van der Waals surface area (Å²) in [6.07, 6.45) is 7.59. The van der Waals surface area contributed by atoms with Gasteiger partial charge in [-0.3, -0.25) is 9.78 Å². The fourth-order valence-corrected chi connectivity index (χ4v) is 4.57. The molecule has 7 nitrogen and oxygen atoms in total. The lowest BCUT2D eigenvalue weighted by atomic mass is 10.0. The maximum Gasteiger partial charge on any atom is 0.387 e. The molecule has 0 N–H and O–H groups in total. The van der Waals surface area contributed by atoms with Crippen LogP contribution in [0.3, 0.4) is 0 Å². The minimum absolute atomic E-state index is 0.0908. The van der Waals surface area contributed by atoms with E-state index in [4.69, 9.17) is 32.7 Å². The summed E-state index contributed by atoms with van der Waals surface area (Å²) in [5.74, 6) is -0.110. The predicted octanol–water partition coefficient (Wildman–Crippen LogP) is 6.66. The number of ether oxygens (including phenoxy) is 3. The summed E-state index contributed by atoms with van der Waals surface area (Å²) in [4.78, 5) is 21.4. The van der Waals surface area contributed by atoms with E-state index in [1.807, 2.05) is 18.2 Å². The number of benzene rings is 1. The molecule has 1 aliphatic carbocycles. The number of hydrogen-bond acceptors (Lipinski definition) is 6. The molecule has 3 aromatic heterocycles. The van der Waals surface area contributed by atoms with Crippen LogP contribution < -0.4 is 9.47 Å². The van der Waals surface area contributed by atoms with Crippen molar-refractivity contribution in [2.45, 2.75) is 38.5 Å². The van der Waals surface area contributed by atoms with Crippen molar-refractivity contribution < 1.29 is 27.8 Å². The highest BCUT2D eigenvalue weighted by Gasteiger charge is 2.26. The topological polar surface area (TPSA) is 75.5 Å². The number of hydrogen-bond donors (Lipinski definition) is 0. The normalized spacial score (nSPS) is 14.0. The van der Waals surface area contributed by atoms with Crippen molar-refractivity contribution in [3.05, 3.63) is 82.4 Å². The second-order valence-electron chi connectivity index (χ2n) is 8.96. The zero-order chi connectivity index (χ0) is 26.6. The third kappa shape index (κ3) is 6.34. The molecule has 1 aromatic carbocycles. The maximum atomic E-state index is 13.1. The quantitative estimate of drug-likeness (QED) is 0.191. The number of halogens is 4. The van der Waals surface area contributed by atoms with Gasteiger partial charge in [0.15, 0.2) is 11.5 Å². The molecule has 5 rings (SSSR count). The van der Waals surface area contributed by atoms with Gasteiger partial charge in [0.1, 0.15) is 18.3 Å². The molecule has 11 heteroatoms. The van der Waals surface area contributed by atoms with Gasteiger partial charge in [0, 0.05) is 36.6 Å². The molecule has 1 atom stereocenters. The van der Waals surface area contributed by atoms with Crippen molar-refractivity contribution in [2.75, 3.05) is 6.61 Å². The Morgan fingerprint density at radius 2 is 1.89 bits per heavy atom. The van der Waals surface area contributed by atoms with E-state index in [2.05, 4.69) is 14.7 Å². The van der Waals surface area contributed by atoms with Gasteiger partial charge in [-0.25, -0.2) is 4.98 Å². The molecule has 198 valence electrons. The van der Waals surface area contributed by atoms with Crippen molar-refractivity contribution in [1.29, 1.82) is 0 Å². The Morgan fingerprint density at radius 1 is 1.11 bits per heavy atom. The summed E-state index contributed by atoms with van der Waals surface area (Å²) in [5.41, 5.74) is 1.68. The van der Waals surface area contributed by atoms with Crippen molar-refractivity contribution in [2.24, 2.45) is 5.92 Å². The fraction of sp³-hybridized carbons (Fsp3) is 0.296. The highest BCUT2D eigenvalue weighted by Crippen LogP contribution is 2.38. The highest BCUT2D eigenvalue weighted by atomic mass is 35.5. The van der Waals surface area contributed by atoms with Gasteiger partial charge in [0.05, 0.1) is 16.7 Å². The van der Waals surface area contributed by atoms with Crippen LogP contribution in [-0.4, -0.2) is 33.7 Å². The van der Waals surface area contributed by atoms with Crippen LogP contribution in [0.5, 0.6) is 11.5 Å². The number of pyridine rings is 2. The molecule has 1 fully saturated rings.